The van der Waals surface area contributed by atoms with E-state index in [1.165, 1.54) is 0 Å². The Morgan fingerprint density at radius 1 is 0.667 bits per heavy atom. The standard InChI is InChI=1S/C17H23BrN4O.C11H11BrClN3.C6H13NO.CH4/c1-10-4-5-11(2)22(10)17-19-12(3)15(18)16(21-17)20-13-6-8-14(23)9-7-13;1-6-4-5-7(2)16(6)11-14-8(3)9(12)10(13)15-11;7-5-1-3-6(8)4-2-5;/h4-5,13-14,23H,6-9H2,1-3H3,(H,19,20,21);4-5H,1-3H3;5-6,8H,1-4,7H2;1H4. The van der Waals surface area contributed by atoms with Crippen molar-refractivity contribution in [1.29, 1.82) is 0 Å². The van der Waals surface area contributed by atoms with Gasteiger partial charge < -0.3 is 21.3 Å². The molecule has 0 amide bonds. The number of hydrogen-bond donors (Lipinski definition) is 4. The van der Waals surface area contributed by atoms with Gasteiger partial charge in [-0.05, 0) is 149 Å². The molecule has 2 aliphatic carbocycles. The first kappa shape index (κ1) is 40.1. The van der Waals surface area contributed by atoms with Crippen LogP contribution < -0.4 is 11.1 Å². The first-order chi connectivity index (χ1) is 22.2. The minimum absolute atomic E-state index is 0. The van der Waals surface area contributed by atoms with E-state index in [4.69, 9.17) is 27.4 Å². The normalized spacial score (nSPS) is 20.5. The number of aryl methyl sites for hydroxylation is 6. The van der Waals surface area contributed by atoms with Crippen molar-refractivity contribution in [2.45, 2.75) is 125 Å². The molecule has 6 rings (SSSR count). The summed E-state index contributed by atoms with van der Waals surface area (Å²) in [7, 11) is 0. The van der Waals surface area contributed by atoms with Gasteiger partial charge in [-0.15, -0.1) is 0 Å². The number of aliphatic hydroxyl groups is 2. The van der Waals surface area contributed by atoms with Crippen LogP contribution in [0.1, 0.15) is 93.0 Å². The van der Waals surface area contributed by atoms with Gasteiger partial charge in [-0.3, -0.25) is 9.13 Å². The molecular formula is C35H51Br2ClN8O2. The molecule has 10 nitrogen and oxygen atoms in total. The highest BCUT2D eigenvalue weighted by Crippen LogP contribution is 2.29. The Bertz CT molecular complexity index is 1570. The molecule has 0 bridgehead atoms. The van der Waals surface area contributed by atoms with Crippen molar-refractivity contribution in [2.75, 3.05) is 5.32 Å². The number of anilines is 1. The van der Waals surface area contributed by atoms with Gasteiger partial charge in [0.2, 0.25) is 11.9 Å². The molecule has 0 radical (unpaired) electrons. The van der Waals surface area contributed by atoms with Crippen LogP contribution in [0, 0.1) is 41.5 Å². The monoisotopic (exact) mass is 808 g/mol. The number of rotatable bonds is 4. The maximum absolute atomic E-state index is 9.66. The number of nitrogens with one attached hydrogen (secondary N) is 1. The van der Waals surface area contributed by atoms with Crippen LogP contribution in [0.2, 0.25) is 5.15 Å². The molecule has 4 aromatic rings. The summed E-state index contributed by atoms with van der Waals surface area (Å²) in [4.78, 5) is 18.1. The summed E-state index contributed by atoms with van der Waals surface area (Å²) in [6.45, 7) is 12.0. The van der Waals surface area contributed by atoms with Gasteiger partial charge in [-0.1, -0.05) is 19.0 Å². The first-order valence-electron chi connectivity index (χ1n) is 16.2. The Hall–Kier alpha value is -2.35. The van der Waals surface area contributed by atoms with Crippen LogP contribution in [-0.2, 0) is 0 Å². The van der Waals surface area contributed by atoms with Crippen molar-refractivity contribution in [3.63, 3.8) is 0 Å². The van der Waals surface area contributed by atoms with Crippen molar-refractivity contribution in [3.05, 3.63) is 72.5 Å². The van der Waals surface area contributed by atoms with Crippen LogP contribution in [0.25, 0.3) is 11.9 Å². The minimum Gasteiger partial charge on any atom is -0.393 e. The van der Waals surface area contributed by atoms with Gasteiger partial charge in [0.1, 0.15) is 11.0 Å². The summed E-state index contributed by atoms with van der Waals surface area (Å²) in [5.41, 5.74) is 11.8. The lowest BCUT2D eigenvalue weighted by Gasteiger charge is -2.27. The largest absolute Gasteiger partial charge is 0.393 e. The van der Waals surface area contributed by atoms with Gasteiger partial charge in [-0.25, -0.2) is 9.97 Å². The molecule has 0 unspecified atom stereocenters. The summed E-state index contributed by atoms with van der Waals surface area (Å²) in [5.74, 6) is 2.15. The van der Waals surface area contributed by atoms with E-state index in [1.807, 2.05) is 44.4 Å². The zero-order valence-electron chi connectivity index (χ0n) is 28.1. The van der Waals surface area contributed by atoms with Gasteiger partial charge in [-0.2, -0.15) is 9.97 Å². The van der Waals surface area contributed by atoms with Gasteiger partial charge in [0.25, 0.3) is 0 Å². The minimum atomic E-state index is -0.149. The smallest absolute Gasteiger partial charge is 0.236 e. The lowest BCUT2D eigenvalue weighted by molar-refractivity contribution is 0.123. The van der Waals surface area contributed by atoms with Gasteiger partial charge in [0.15, 0.2) is 0 Å². The Balaban J connectivity index is 0.000000216. The fourth-order valence-electron chi connectivity index (χ4n) is 5.83. The second-order valence-corrected chi connectivity index (χ2v) is 14.6. The van der Waals surface area contributed by atoms with Crippen molar-refractivity contribution in [1.82, 2.24) is 29.1 Å². The van der Waals surface area contributed by atoms with Crippen molar-refractivity contribution < 1.29 is 10.2 Å². The van der Waals surface area contributed by atoms with Crippen molar-refractivity contribution in [2.24, 2.45) is 5.73 Å². The van der Waals surface area contributed by atoms with E-state index in [0.29, 0.717) is 29.1 Å². The zero-order chi connectivity index (χ0) is 34.4. The Morgan fingerprint density at radius 3 is 1.48 bits per heavy atom. The SMILES string of the molecule is C.Cc1nc(-n2c(C)ccc2C)nc(Cl)c1Br.Cc1nc(-n2c(C)ccc2C)nc(NC2CCC(O)CC2)c1Br.NC1CCC(O)CC1. The van der Waals surface area contributed by atoms with E-state index >= 15 is 0 Å². The summed E-state index contributed by atoms with van der Waals surface area (Å²) in [6.07, 6.45) is 7.23. The van der Waals surface area contributed by atoms with Crippen LogP contribution in [0.5, 0.6) is 0 Å². The third-order valence-corrected chi connectivity index (χ3v) is 11.1. The van der Waals surface area contributed by atoms with E-state index in [-0.39, 0.29) is 19.6 Å². The van der Waals surface area contributed by atoms with Gasteiger partial charge >= 0.3 is 0 Å². The van der Waals surface area contributed by atoms with Gasteiger partial charge in [0, 0.05) is 34.9 Å². The molecule has 4 heterocycles. The van der Waals surface area contributed by atoms with Crippen LogP contribution in [0.15, 0.2) is 33.2 Å². The zero-order valence-corrected chi connectivity index (χ0v) is 32.0. The maximum Gasteiger partial charge on any atom is 0.236 e. The number of aromatic nitrogens is 6. The van der Waals surface area contributed by atoms with Crippen molar-refractivity contribution in [3.8, 4) is 11.9 Å². The number of aliphatic hydroxyl groups excluding tert-OH is 2. The van der Waals surface area contributed by atoms with Crippen LogP contribution in [0.4, 0.5) is 5.82 Å². The number of nitrogens with zero attached hydrogens (tertiary/aromatic N) is 6. The number of nitrogens with two attached hydrogens (primary N) is 1. The molecule has 2 saturated carbocycles. The summed E-state index contributed by atoms with van der Waals surface area (Å²) < 4.78 is 5.70. The average Bonchev–Trinajstić information content (AvgIpc) is 3.55. The second-order valence-electron chi connectivity index (χ2n) is 12.6. The lowest BCUT2D eigenvalue weighted by atomic mass is 9.93. The molecule has 2 aliphatic rings. The molecule has 264 valence electrons. The molecule has 0 spiro atoms. The van der Waals surface area contributed by atoms with Crippen molar-refractivity contribution >= 4 is 49.3 Å². The first-order valence-corrected chi connectivity index (χ1v) is 18.1. The maximum atomic E-state index is 9.66. The highest BCUT2D eigenvalue weighted by molar-refractivity contribution is 9.11. The predicted molar refractivity (Wildman–Crippen MR) is 203 cm³/mol. The predicted octanol–water partition coefficient (Wildman–Crippen LogP) is 8.16. The number of halogens is 3. The highest BCUT2D eigenvalue weighted by atomic mass is 79.9. The topological polar surface area (TPSA) is 140 Å². The van der Waals surface area contributed by atoms with E-state index < -0.39 is 0 Å². The van der Waals surface area contributed by atoms with Crippen LogP contribution in [0.3, 0.4) is 0 Å². The molecule has 0 aromatic carbocycles. The summed E-state index contributed by atoms with van der Waals surface area (Å²) in [6, 6.07) is 8.92. The third-order valence-electron chi connectivity index (χ3n) is 8.69. The fraction of sp³-hybridized carbons (Fsp3) is 0.543. The lowest BCUT2D eigenvalue weighted by Crippen LogP contribution is -2.29. The molecule has 4 aromatic heterocycles. The fourth-order valence-corrected chi connectivity index (χ4v) is 6.51. The summed E-state index contributed by atoms with van der Waals surface area (Å²) in [5, 5.41) is 22.6. The molecular weight excluding hydrogens is 760 g/mol. The third kappa shape index (κ3) is 10.3. The molecule has 2 fully saturated rings. The average molecular weight is 811 g/mol. The molecule has 0 atom stereocenters. The Labute approximate surface area is 307 Å². The Morgan fingerprint density at radius 2 is 1.06 bits per heavy atom. The van der Waals surface area contributed by atoms with Gasteiger partial charge in [0.05, 0.1) is 32.5 Å². The van der Waals surface area contributed by atoms with E-state index in [0.717, 1.165) is 100 Å². The highest BCUT2D eigenvalue weighted by Gasteiger charge is 2.22. The Kier molecular flexibility index (Phi) is 15.1. The molecule has 5 N–H and O–H groups in total. The molecule has 48 heavy (non-hydrogen) atoms. The molecule has 13 heteroatoms. The second kappa shape index (κ2) is 18.1. The van der Waals surface area contributed by atoms with E-state index in [9.17, 15) is 5.11 Å². The molecule has 0 saturated heterocycles. The summed E-state index contributed by atoms with van der Waals surface area (Å²) >= 11 is 13.0. The number of hydrogen-bond acceptors (Lipinski definition) is 8. The van der Waals surface area contributed by atoms with Crippen LogP contribution >= 0.6 is 43.5 Å². The van der Waals surface area contributed by atoms with Crippen LogP contribution in [-0.4, -0.2) is 63.6 Å². The quantitative estimate of drug-likeness (QED) is 0.152. The molecule has 0 aliphatic heterocycles. The van der Waals surface area contributed by atoms with E-state index in [1.54, 1.807) is 0 Å². The van der Waals surface area contributed by atoms with E-state index in [2.05, 4.69) is 82.7 Å².